The second-order valence-electron chi connectivity index (χ2n) is 4.29. The van der Waals surface area contributed by atoms with Gasteiger partial charge in [-0.1, -0.05) is 24.0 Å². The third-order valence-corrected chi connectivity index (χ3v) is 2.64. The van der Waals surface area contributed by atoms with Gasteiger partial charge in [-0.05, 0) is 23.8 Å². The van der Waals surface area contributed by atoms with Gasteiger partial charge in [0, 0.05) is 18.2 Å². The van der Waals surface area contributed by atoms with E-state index in [4.69, 9.17) is 15.1 Å². The van der Waals surface area contributed by atoms with Crippen LogP contribution in [0.2, 0.25) is 0 Å². The third-order valence-electron chi connectivity index (χ3n) is 2.64. The van der Waals surface area contributed by atoms with Crippen molar-refractivity contribution in [2.45, 2.75) is 13.0 Å². The van der Waals surface area contributed by atoms with E-state index in [1.165, 1.54) is 0 Å². The van der Waals surface area contributed by atoms with Crippen LogP contribution in [0.25, 0.3) is 0 Å². The van der Waals surface area contributed by atoms with E-state index < -0.39 is 0 Å². The molecule has 0 atom stereocenters. The van der Waals surface area contributed by atoms with Crippen molar-refractivity contribution in [2.24, 2.45) is 0 Å². The molecule has 0 amide bonds. The van der Waals surface area contributed by atoms with Gasteiger partial charge < -0.3 is 9.84 Å². The molecular weight excluding hydrogens is 264 g/mol. The number of hydrogen-bond donors (Lipinski definition) is 1. The zero-order valence-electron chi connectivity index (χ0n) is 11.4. The summed E-state index contributed by atoms with van der Waals surface area (Å²) in [4.78, 5) is 4.07. The van der Waals surface area contributed by atoms with Crippen LogP contribution >= 0.6 is 0 Å². The van der Waals surface area contributed by atoms with Crippen LogP contribution in [0.15, 0.2) is 42.7 Å². The molecule has 1 aromatic carbocycles. The molecule has 0 aliphatic rings. The first kappa shape index (κ1) is 14.6. The Morgan fingerprint density at radius 2 is 2.10 bits per heavy atom. The van der Waals surface area contributed by atoms with E-state index in [0.29, 0.717) is 24.3 Å². The Labute approximate surface area is 123 Å². The highest BCUT2D eigenvalue weighted by molar-refractivity contribution is 5.37. The van der Waals surface area contributed by atoms with Gasteiger partial charge in [-0.15, -0.1) is 0 Å². The average molecular weight is 278 g/mol. The second kappa shape index (κ2) is 7.69. The molecule has 0 saturated carbocycles. The van der Waals surface area contributed by atoms with Crippen molar-refractivity contribution in [3.63, 3.8) is 0 Å². The lowest BCUT2D eigenvalue weighted by Gasteiger charge is -2.06. The predicted octanol–water partition coefficient (Wildman–Crippen LogP) is 2.27. The van der Waals surface area contributed by atoms with Gasteiger partial charge in [0.1, 0.15) is 12.4 Å². The number of aromatic nitrogens is 1. The van der Waals surface area contributed by atoms with Gasteiger partial charge in [-0.25, -0.2) is 0 Å². The molecule has 104 valence electrons. The second-order valence-corrected chi connectivity index (χ2v) is 4.29. The Balaban J connectivity index is 2.02. The highest BCUT2D eigenvalue weighted by Crippen LogP contribution is 2.13. The van der Waals surface area contributed by atoms with E-state index in [1.807, 2.05) is 12.1 Å². The Hall–Kier alpha value is -2.82. The van der Waals surface area contributed by atoms with Gasteiger partial charge >= 0.3 is 0 Å². The molecule has 0 aliphatic heterocycles. The number of pyridine rings is 1. The molecule has 0 fully saturated rings. The summed E-state index contributed by atoms with van der Waals surface area (Å²) in [5.41, 5.74) is 2.27. The molecule has 4 nitrogen and oxygen atoms in total. The van der Waals surface area contributed by atoms with Gasteiger partial charge in [-0.3, -0.25) is 4.98 Å². The first-order valence-corrected chi connectivity index (χ1v) is 6.48. The number of nitriles is 1. The van der Waals surface area contributed by atoms with Gasteiger partial charge in [0.2, 0.25) is 0 Å². The van der Waals surface area contributed by atoms with Crippen LogP contribution in [0.5, 0.6) is 5.75 Å². The summed E-state index contributed by atoms with van der Waals surface area (Å²) in [6, 6.07) is 11.2. The van der Waals surface area contributed by atoms with Crippen molar-refractivity contribution < 1.29 is 9.84 Å². The summed E-state index contributed by atoms with van der Waals surface area (Å²) in [6.45, 7) is 0.413. The Morgan fingerprint density at radius 1 is 1.19 bits per heavy atom. The summed E-state index contributed by atoms with van der Waals surface area (Å²) >= 11 is 0. The van der Waals surface area contributed by atoms with Crippen molar-refractivity contribution in [3.05, 3.63) is 59.4 Å². The summed E-state index contributed by atoms with van der Waals surface area (Å²) in [5.74, 6) is 6.36. The number of aliphatic hydroxyl groups excluding tert-OH is 1. The van der Waals surface area contributed by atoms with Gasteiger partial charge in [0.05, 0.1) is 24.4 Å². The van der Waals surface area contributed by atoms with Crippen molar-refractivity contribution in [1.29, 1.82) is 5.26 Å². The minimum Gasteiger partial charge on any atom is -0.487 e. The molecule has 0 radical (unpaired) electrons. The highest BCUT2D eigenvalue weighted by atomic mass is 16.5. The molecular formula is C17H14N2O2. The first-order valence-electron chi connectivity index (χ1n) is 6.48. The lowest BCUT2D eigenvalue weighted by atomic mass is 10.1. The molecule has 1 heterocycles. The Kier molecular flexibility index (Phi) is 5.34. The van der Waals surface area contributed by atoms with Crippen LogP contribution < -0.4 is 4.74 Å². The summed E-state index contributed by atoms with van der Waals surface area (Å²) in [7, 11) is 0. The SMILES string of the molecule is N#Cc1cccc(COc2cncc(C#CCCO)c2)c1. The van der Waals surface area contributed by atoms with E-state index in [9.17, 15) is 0 Å². The monoisotopic (exact) mass is 278 g/mol. The number of rotatable bonds is 4. The predicted molar refractivity (Wildman–Crippen MR) is 78.3 cm³/mol. The molecule has 2 rings (SSSR count). The largest absolute Gasteiger partial charge is 0.487 e. The van der Waals surface area contributed by atoms with E-state index in [0.717, 1.165) is 11.1 Å². The highest BCUT2D eigenvalue weighted by Gasteiger charge is 1.99. The van der Waals surface area contributed by atoms with Crippen molar-refractivity contribution in [2.75, 3.05) is 6.61 Å². The van der Waals surface area contributed by atoms with Crippen molar-refractivity contribution in [1.82, 2.24) is 4.98 Å². The summed E-state index contributed by atoms with van der Waals surface area (Å²) in [6.07, 6.45) is 3.70. The number of hydrogen-bond acceptors (Lipinski definition) is 4. The minimum atomic E-state index is 0.0475. The van der Waals surface area contributed by atoms with Crippen molar-refractivity contribution in [3.8, 4) is 23.7 Å². The maximum atomic E-state index is 8.85. The van der Waals surface area contributed by atoms with Gasteiger partial charge in [-0.2, -0.15) is 5.26 Å². The fourth-order valence-electron chi connectivity index (χ4n) is 1.68. The van der Waals surface area contributed by atoms with Crippen molar-refractivity contribution >= 4 is 0 Å². The molecule has 0 saturated heterocycles. The molecule has 0 aliphatic carbocycles. The molecule has 2 aromatic rings. The van der Waals surface area contributed by atoms with Gasteiger partial charge in [0.25, 0.3) is 0 Å². The first-order chi connectivity index (χ1) is 10.3. The fraction of sp³-hybridized carbons (Fsp3) is 0.176. The zero-order chi connectivity index (χ0) is 14.9. The fourth-order valence-corrected chi connectivity index (χ4v) is 1.68. The Morgan fingerprint density at radius 3 is 2.90 bits per heavy atom. The summed E-state index contributed by atoms with van der Waals surface area (Å²) < 4.78 is 5.65. The van der Waals surface area contributed by atoms with Crippen LogP contribution in [-0.4, -0.2) is 16.7 Å². The van der Waals surface area contributed by atoms with E-state index in [1.54, 1.807) is 30.6 Å². The number of ether oxygens (including phenoxy) is 1. The molecule has 0 bridgehead atoms. The molecule has 0 spiro atoms. The topological polar surface area (TPSA) is 66.1 Å². The summed E-state index contributed by atoms with van der Waals surface area (Å²) in [5, 5.41) is 17.5. The molecule has 1 aromatic heterocycles. The maximum absolute atomic E-state index is 8.85. The third kappa shape index (κ3) is 4.65. The van der Waals surface area contributed by atoms with E-state index in [2.05, 4.69) is 22.9 Å². The van der Waals surface area contributed by atoms with Crippen LogP contribution in [-0.2, 0) is 6.61 Å². The van der Waals surface area contributed by atoms with Crippen LogP contribution in [0.1, 0.15) is 23.1 Å². The quantitative estimate of drug-likeness (QED) is 0.871. The Bertz CT molecular complexity index is 708. The van der Waals surface area contributed by atoms with Crippen LogP contribution in [0.3, 0.4) is 0 Å². The van der Waals surface area contributed by atoms with E-state index >= 15 is 0 Å². The standard InChI is InChI=1S/C17H14N2O2/c18-10-14-5-3-6-16(8-14)13-21-17-9-15(11-19-12-17)4-1-2-7-20/h3,5-6,8-9,11-12,20H,2,7,13H2. The minimum absolute atomic E-state index is 0.0475. The molecule has 4 heteroatoms. The van der Waals surface area contributed by atoms with E-state index in [-0.39, 0.29) is 6.61 Å². The average Bonchev–Trinajstić information content (AvgIpc) is 2.54. The lowest BCUT2D eigenvalue weighted by molar-refractivity contribution is 0.305. The number of benzene rings is 1. The number of nitrogens with zero attached hydrogens (tertiary/aromatic N) is 2. The lowest BCUT2D eigenvalue weighted by Crippen LogP contribution is -1.96. The number of aliphatic hydroxyl groups is 1. The molecule has 1 N–H and O–H groups in total. The molecule has 0 unspecified atom stereocenters. The zero-order valence-corrected chi connectivity index (χ0v) is 11.4. The van der Waals surface area contributed by atoms with Gasteiger partial charge in [0.15, 0.2) is 0 Å². The maximum Gasteiger partial charge on any atom is 0.139 e. The normalized spacial score (nSPS) is 9.33. The van der Waals surface area contributed by atoms with Crippen LogP contribution in [0, 0.1) is 23.2 Å². The van der Waals surface area contributed by atoms with Crippen LogP contribution in [0.4, 0.5) is 0 Å². The smallest absolute Gasteiger partial charge is 0.139 e. The molecule has 21 heavy (non-hydrogen) atoms.